The second kappa shape index (κ2) is 8.06. The molecule has 3 heterocycles. The highest BCUT2D eigenvalue weighted by molar-refractivity contribution is 7.23. The third-order valence-electron chi connectivity index (χ3n) is 4.79. The van der Waals surface area contributed by atoms with Gasteiger partial charge in [-0.1, -0.05) is 22.9 Å². The number of thiazole rings is 1. The zero-order valence-corrected chi connectivity index (χ0v) is 17.3. The van der Waals surface area contributed by atoms with E-state index in [2.05, 4.69) is 5.10 Å². The number of carbonyl (C=O) groups excluding carboxylic acids is 1. The maximum Gasteiger partial charge on any atom is 0.278 e. The number of rotatable bonds is 6. The predicted octanol–water partition coefficient (Wildman–Crippen LogP) is 4.00. The fraction of sp³-hybridized carbons (Fsp3) is 0.421. The van der Waals surface area contributed by atoms with Gasteiger partial charge in [-0.25, -0.2) is 4.98 Å². The molecule has 28 heavy (non-hydrogen) atoms. The Kier molecular flexibility index (Phi) is 5.52. The monoisotopic (exact) mass is 420 g/mol. The van der Waals surface area contributed by atoms with E-state index in [9.17, 15) is 4.79 Å². The zero-order chi connectivity index (χ0) is 19.7. The molecular weight excluding hydrogens is 400 g/mol. The van der Waals surface area contributed by atoms with Gasteiger partial charge in [0.1, 0.15) is 17.0 Å². The van der Waals surface area contributed by atoms with Crippen molar-refractivity contribution in [2.45, 2.75) is 32.4 Å². The Morgan fingerprint density at radius 3 is 3.04 bits per heavy atom. The maximum absolute atomic E-state index is 13.4. The van der Waals surface area contributed by atoms with Gasteiger partial charge >= 0.3 is 0 Å². The largest absolute Gasteiger partial charge is 0.494 e. The van der Waals surface area contributed by atoms with Crippen LogP contribution in [0.2, 0.25) is 5.02 Å². The number of benzene rings is 1. The summed E-state index contributed by atoms with van der Waals surface area (Å²) in [5, 5.41) is 5.39. The van der Waals surface area contributed by atoms with Gasteiger partial charge in [-0.05, 0) is 38.0 Å². The molecule has 1 aliphatic heterocycles. The van der Waals surface area contributed by atoms with Crippen LogP contribution < -0.4 is 9.64 Å². The molecule has 1 fully saturated rings. The van der Waals surface area contributed by atoms with Gasteiger partial charge in [0.2, 0.25) is 0 Å². The normalized spacial score (nSPS) is 16.6. The van der Waals surface area contributed by atoms with Crippen molar-refractivity contribution in [3.05, 3.63) is 35.1 Å². The summed E-state index contributed by atoms with van der Waals surface area (Å²) in [6.07, 6.45) is 3.55. The summed E-state index contributed by atoms with van der Waals surface area (Å²) in [5.41, 5.74) is 1.18. The molecule has 0 bridgehead atoms. The first-order valence-electron chi connectivity index (χ1n) is 9.20. The summed E-state index contributed by atoms with van der Waals surface area (Å²) in [6.45, 7) is 3.73. The molecule has 0 aliphatic carbocycles. The van der Waals surface area contributed by atoms with Crippen LogP contribution in [0.3, 0.4) is 0 Å². The van der Waals surface area contributed by atoms with Crippen LogP contribution in [0, 0.1) is 0 Å². The summed E-state index contributed by atoms with van der Waals surface area (Å²) < 4.78 is 13.7. The quantitative estimate of drug-likeness (QED) is 0.602. The Bertz CT molecular complexity index is 996. The van der Waals surface area contributed by atoms with E-state index < -0.39 is 0 Å². The van der Waals surface area contributed by atoms with Gasteiger partial charge < -0.3 is 9.47 Å². The molecule has 1 aliphatic rings. The summed E-state index contributed by atoms with van der Waals surface area (Å²) in [4.78, 5) is 19.8. The molecule has 1 saturated heterocycles. The molecule has 7 nitrogen and oxygen atoms in total. The maximum atomic E-state index is 13.4. The van der Waals surface area contributed by atoms with Gasteiger partial charge in [-0.15, -0.1) is 0 Å². The number of ether oxygens (including phenoxy) is 2. The fourth-order valence-electron chi connectivity index (χ4n) is 3.37. The number of aryl methyl sites for hydroxylation is 1. The fourth-order valence-corrected chi connectivity index (χ4v) is 4.63. The van der Waals surface area contributed by atoms with E-state index in [0.29, 0.717) is 40.2 Å². The summed E-state index contributed by atoms with van der Waals surface area (Å²) in [6, 6.07) is 5.30. The van der Waals surface area contributed by atoms with E-state index in [1.807, 2.05) is 6.92 Å². The summed E-state index contributed by atoms with van der Waals surface area (Å²) >= 11 is 7.75. The van der Waals surface area contributed by atoms with Crippen LogP contribution in [0.4, 0.5) is 5.13 Å². The number of aromatic nitrogens is 3. The number of hydrogen-bond acceptors (Lipinski definition) is 6. The lowest BCUT2D eigenvalue weighted by Gasteiger charge is -2.23. The second-order valence-electron chi connectivity index (χ2n) is 6.51. The van der Waals surface area contributed by atoms with E-state index in [1.54, 1.807) is 41.1 Å². The van der Waals surface area contributed by atoms with Crippen molar-refractivity contribution in [3.63, 3.8) is 0 Å². The molecule has 0 saturated carbocycles. The molecule has 0 N–H and O–H groups in total. The predicted molar refractivity (Wildman–Crippen MR) is 110 cm³/mol. The van der Waals surface area contributed by atoms with E-state index in [0.717, 1.165) is 24.1 Å². The Hall–Kier alpha value is -2.16. The van der Waals surface area contributed by atoms with Crippen molar-refractivity contribution >= 4 is 44.2 Å². The molecule has 1 aromatic carbocycles. The van der Waals surface area contributed by atoms with Crippen molar-refractivity contribution in [2.24, 2.45) is 0 Å². The Morgan fingerprint density at radius 1 is 1.46 bits per heavy atom. The smallest absolute Gasteiger partial charge is 0.278 e. The molecule has 1 atom stereocenters. The Morgan fingerprint density at radius 2 is 2.32 bits per heavy atom. The molecule has 2 aromatic heterocycles. The van der Waals surface area contributed by atoms with Crippen LogP contribution in [0.5, 0.6) is 5.75 Å². The number of methoxy groups -OCH3 is 1. The molecule has 0 spiro atoms. The molecule has 3 aromatic rings. The highest BCUT2D eigenvalue weighted by Gasteiger charge is 2.29. The van der Waals surface area contributed by atoms with Crippen LogP contribution in [0.15, 0.2) is 24.4 Å². The molecular formula is C19H21ClN4O3S. The molecule has 1 amide bonds. The minimum Gasteiger partial charge on any atom is -0.494 e. The lowest BCUT2D eigenvalue weighted by Crippen LogP contribution is -2.38. The first-order chi connectivity index (χ1) is 13.6. The number of amides is 1. The summed E-state index contributed by atoms with van der Waals surface area (Å²) in [7, 11) is 1.59. The highest BCUT2D eigenvalue weighted by atomic mass is 35.5. The lowest BCUT2D eigenvalue weighted by atomic mass is 10.2. The average molecular weight is 421 g/mol. The van der Waals surface area contributed by atoms with Crippen LogP contribution >= 0.6 is 22.9 Å². The van der Waals surface area contributed by atoms with E-state index in [4.69, 9.17) is 26.1 Å². The van der Waals surface area contributed by atoms with Crippen LogP contribution in [0.1, 0.15) is 30.3 Å². The van der Waals surface area contributed by atoms with Crippen molar-refractivity contribution < 1.29 is 14.3 Å². The number of halogens is 1. The van der Waals surface area contributed by atoms with Gasteiger partial charge in [0.15, 0.2) is 5.13 Å². The van der Waals surface area contributed by atoms with E-state index in [1.165, 1.54) is 11.3 Å². The minimum absolute atomic E-state index is 0.00803. The molecule has 0 radical (unpaired) electrons. The molecule has 148 valence electrons. The highest BCUT2D eigenvalue weighted by Crippen LogP contribution is 2.39. The van der Waals surface area contributed by atoms with Crippen molar-refractivity contribution in [3.8, 4) is 5.75 Å². The van der Waals surface area contributed by atoms with Crippen LogP contribution in [0.25, 0.3) is 10.2 Å². The van der Waals surface area contributed by atoms with E-state index >= 15 is 0 Å². The lowest BCUT2D eigenvalue weighted by molar-refractivity contribution is 0.0908. The molecule has 9 heteroatoms. The van der Waals surface area contributed by atoms with Gasteiger partial charge in [0.05, 0.1) is 29.5 Å². The zero-order valence-electron chi connectivity index (χ0n) is 15.7. The van der Waals surface area contributed by atoms with Crippen LogP contribution in [-0.4, -0.2) is 47.0 Å². The van der Waals surface area contributed by atoms with Crippen LogP contribution in [-0.2, 0) is 11.3 Å². The molecule has 4 rings (SSSR count). The number of hydrogen-bond donors (Lipinski definition) is 0. The Balaban J connectivity index is 1.77. The molecule has 1 unspecified atom stereocenters. The number of nitrogens with zero attached hydrogens (tertiary/aromatic N) is 4. The third-order valence-corrected chi connectivity index (χ3v) is 6.33. The number of anilines is 1. The number of fused-ring (bicyclic) bond motifs is 1. The average Bonchev–Trinajstić information content (AvgIpc) is 3.46. The first-order valence-corrected chi connectivity index (χ1v) is 10.4. The third kappa shape index (κ3) is 3.47. The van der Waals surface area contributed by atoms with Crippen molar-refractivity contribution in [2.75, 3.05) is 25.2 Å². The summed E-state index contributed by atoms with van der Waals surface area (Å²) in [5.74, 6) is 0.481. The standard InChI is InChI=1S/C19H21ClN4O3S/c1-3-24-14(8-9-21-24)18(25)23(11-12-5-4-10-27-12)19-22-16-15(26-2)7-6-13(20)17(16)28-19/h6-9,12H,3-5,10-11H2,1-2H3. The van der Waals surface area contributed by atoms with Gasteiger partial charge in [0.25, 0.3) is 5.91 Å². The van der Waals surface area contributed by atoms with Crippen molar-refractivity contribution in [1.82, 2.24) is 14.8 Å². The first kappa shape index (κ1) is 19.2. The second-order valence-corrected chi connectivity index (χ2v) is 7.89. The van der Waals surface area contributed by atoms with Gasteiger partial charge in [-0.3, -0.25) is 14.4 Å². The minimum atomic E-state index is -0.149. The van der Waals surface area contributed by atoms with Gasteiger partial charge in [0, 0.05) is 19.3 Å². The van der Waals surface area contributed by atoms with Crippen molar-refractivity contribution in [1.29, 1.82) is 0 Å². The van der Waals surface area contributed by atoms with E-state index in [-0.39, 0.29) is 12.0 Å². The number of carbonyl (C=O) groups is 1. The SMILES string of the molecule is CCn1nccc1C(=O)N(CC1CCCO1)c1nc2c(OC)ccc(Cl)c2s1. The Labute approximate surface area is 171 Å². The van der Waals surface area contributed by atoms with Gasteiger partial charge in [-0.2, -0.15) is 5.10 Å². The topological polar surface area (TPSA) is 69.5 Å².